The van der Waals surface area contributed by atoms with Crippen LogP contribution in [0.2, 0.25) is 0 Å². The normalized spacial score (nSPS) is 10.6. The zero-order valence-corrected chi connectivity index (χ0v) is 14.4. The summed E-state index contributed by atoms with van der Waals surface area (Å²) in [4.78, 5) is 0. The van der Waals surface area contributed by atoms with Crippen LogP contribution < -0.4 is 17.0 Å². The molecule has 0 radical (unpaired) electrons. The Kier molecular flexibility index (Phi) is 14.0. The number of nitrogens with zero attached hydrogens (tertiary/aromatic N) is 2. The Morgan fingerprint density at radius 1 is 0.905 bits per heavy atom. The molecule has 1 aromatic heterocycles. The smallest absolute Gasteiger partial charge is 0.243 e. The van der Waals surface area contributed by atoms with E-state index in [4.69, 9.17) is 5.11 Å². The molecule has 1 heterocycles. The van der Waals surface area contributed by atoms with E-state index in [0.717, 1.165) is 6.54 Å². The van der Waals surface area contributed by atoms with Crippen LogP contribution in [0.4, 0.5) is 0 Å². The third-order valence-corrected chi connectivity index (χ3v) is 3.87. The number of aliphatic hydroxyl groups is 1. The summed E-state index contributed by atoms with van der Waals surface area (Å²) in [6, 6.07) is 0. The average molecular weight is 317 g/mol. The lowest BCUT2D eigenvalue weighted by Gasteiger charge is -2.01. The Labute approximate surface area is 136 Å². The molecule has 1 aromatic rings. The summed E-state index contributed by atoms with van der Waals surface area (Å²) in [5, 5.41) is 8.86. The molecule has 0 spiro atoms. The van der Waals surface area contributed by atoms with Gasteiger partial charge >= 0.3 is 0 Å². The molecule has 4 heteroatoms. The fraction of sp³-hybridized carbons (Fsp3) is 0.824. The van der Waals surface area contributed by atoms with E-state index >= 15 is 0 Å². The van der Waals surface area contributed by atoms with E-state index in [1.54, 1.807) is 0 Å². The molecular formula is C17H33ClN2O. The number of aryl methyl sites for hydroxylation is 1. The standard InChI is InChI=1S/C17H33N2O.ClH/c1-2-3-4-5-6-7-8-9-10-11-12-18-13-14-19(17-18)15-16-20;/h13-14,17,20H,2-12,15-16H2,1H3;1H/q+1;/p-1. The Balaban J connectivity index is 0.00000400. The van der Waals surface area contributed by atoms with Crippen molar-refractivity contribution in [3.05, 3.63) is 18.7 Å². The SMILES string of the molecule is CCCCCCCCCCCC[n+]1ccn(CCO)c1.[Cl-]. The van der Waals surface area contributed by atoms with Crippen molar-refractivity contribution in [1.29, 1.82) is 0 Å². The molecule has 0 fully saturated rings. The second-order valence-electron chi connectivity index (χ2n) is 5.79. The Hall–Kier alpha value is -0.540. The maximum absolute atomic E-state index is 8.86. The minimum absolute atomic E-state index is 0. The number of hydrogen-bond acceptors (Lipinski definition) is 1. The molecule has 0 atom stereocenters. The molecule has 0 unspecified atom stereocenters. The van der Waals surface area contributed by atoms with Gasteiger partial charge in [0.15, 0.2) is 0 Å². The first-order chi connectivity index (χ1) is 9.86. The van der Waals surface area contributed by atoms with E-state index in [1.165, 1.54) is 64.2 Å². The second-order valence-corrected chi connectivity index (χ2v) is 5.79. The number of hydrogen-bond donors (Lipinski definition) is 1. The first kappa shape index (κ1) is 20.5. The molecule has 124 valence electrons. The van der Waals surface area contributed by atoms with Gasteiger partial charge in [-0.25, -0.2) is 9.13 Å². The predicted molar refractivity (Wildman–Crippen MR) is 83.6 cm³/mol. The summed E-state index contributed by atoms with van der Waals surface area (Å²) >= 11 is 0. The van der Waals surface area contributed by atoms with Crippen LogP contribution in [0.3, 0.4) is 0 Å². The molecule has 1 rings (SSSR count). The van der Waals surface area contributed by atoms with Crippen molar-refractivity contribution in [2.75, 3.05) is 6.61 Å². The van der Waals surface area contributed by atoms with Gasteiger partial charge in [-0.15, -0.1) is 0 Å². The van der Waals surface area contributed by atoms with Crippen molar-refractivity contribution in [3.63, 3.8) is 0 Å². The van der Waals surface area contributed by atoms with Crippen LogP contribution >= 0.6 is 0 Å². The monoisotopic (exact) mass is 316 g/mol. The molecular weight excluding hydrogens is 284 g/mol. The van der Waals surface area contributed by atoms with E-state index in [2.05, 4.69) is 24.0 Å². The lowest BCUT2D eigenvalue weighted by molar-refractivity contribution is -0.696. The summed E-state index contributed by atoms with van der Waals surface area (Å²) in [6.45, 7) is 4.29. The third-order valence-electron chi connectivity index (χ3n) is 3.87. The molecule has 0 aliphatic rings. The summed E-state index contributed by atoms with van der Waals surface area (Å²) in [6.07, 6.45) is 20.1. The first-order valence-corrected chi connectivity index (χ1v) is 8.52. The molecule has 0 saturated heterocycles. The summed E-state index contributed by atoms with van der Waals surface area (Å²) in [5.74, 6) is 0. The van der Waals surface area contributed by atoms with Gasteiger partial charge in [-0.2, -0.15) is 0 Å². The van der Waals surface area contributed by atoms with Gasteiger partial charge in [-0.05, 0) is 12.8 Å². The van der Waals surface area contributed by atoms with Gasteiger partial charge < -0.3 is 17.5 Å². The largest absolute Gasteiger partial charge is 1.00 e. The van der Waals surface area contributed by atoms with Gasteiger partial charge in [0, 0.05) is 0 Å². The number of aliphatic hydroxyl groups excluding tert-OH is 1. The number of imidazole rings is 1. The van der Waals surface area contributed by atoms with E-state index in [-0.39, 0.29) is 19.0 Å². The van der Waals surface area contributed by atoms with Crippen molar-refractivity contribution >= 4 is 0 Å². The van der Waals surface area contributed by atoms with Crippen molar-refractivity contribution in [2.45, 2.75) is 84.2 Å². The van der Waals surface area contributed by atoms with Gasteiger partial charge in [-0.3, -0.25) is 0 Å². The van der Waals surface area contributed by atoms with Crippen LogP contribution in [-0.2, 0) is 13.1 Å². The highest BCUT2D eigenvalue weighted by Crippen LogP contribution is 2.10. The van der Waals surface area contributed by atoms with Crippen molar-refractivity contribution < 1.29 is 22.1 Å². The highest BCUT2D eigenvalue weighted by atomic mass is 35.5. The fourth-order valence-electron chi connectivity index (χ4n) is 2.60. The van der Waals surface area contributed by atoms with Crippen LogP contribution in [0.15, 0.2) is 18.7 Å². The number of unbranched alkanes of at least 4 members (excludes halogenated alkanes) is 9. The maximum atomic E-state index is 8.86. The van der Waals surface area contributed by atoms with Crippen LogP contribution in [0.1, 0.15) is 71.1 Å². The molecule has 3 nitrogen and oxygen atoms in total. The minimum atomic E-state index is 0. The van der Waals surface area contributed by atoms with E-state index < -0.39 is 0 Å². The quantitative estimate of drug-likeness (QED) is 0.421. The summed E-state index contributed by atoms with van der Waals surface area (Å²) < 4.78 is 4.26. The van der Waals surface area contributed by atoms with Gasteiger partial charge in [0.05, 0.1) is 13.2 Å². The van der Waals surface area contributed by atoms with Gasteiger partial charge in [0.25, 0.3) is 0 Å². The lowest BCUT2D eigenvalue weighted by Crippen LogP contribution is -3.00. The Morgan fingerprint density at radius 3 is 2.05 bits per heavy atom. The first-order valence-electron chi connectivity index (χ1n) is 8.52. The Bertz CT molecular complexity index is 328. The molecule has 1 N–H and O–H groups in total. The van der Waals surface area contributed by atoms with E-state index in [0.29, 0.717) is 6.54 Å². The molecule has 21 heavy (non-hydrogen) atoms. The number of aromatic nitrogens is 2. The molecule has 0 bridgehead atoms. The summed E-state index contributed by atoms with van der Waals surface area (Å²) in [5.41, 5.74) is 0. The van der Waals surface area contributed by atoms with Crippen molar-refractivity contribution in [2.24, 2.45) is 0 Å². The zero-order valence-electron chi connectivity index (χ0n) is 13.6. The van der Waals surface area contributed by atoms with Crippen LogP contribution in [0.5, 0.6) is 0 Å². The van der Waals surface area contributed by atoms with E-state index in [1.807, 2.05) is 10.8 Å². The van der Waals surface area contributed by atoms with Crippen LogP contribution in [0.25, 0.3) is 0 Å². The Morgan fingerprint density at radius 2 is 1.48 bits per heavy atom. The molecule has 0 aliphatic heterocycles. The van der Waals surface area contributed by atoms with Crippen molar-refractivity contribution in [3.8, 4) is 0 Å². The molecule has 0 aromatic carbocycles. The van der Waals surface area contributed by atoms with Gasteiger partial charge in [0.2, 0.25) is 6.33 Å². The number of halogens is 1. The highest BCUT2D eigenvalue weighted by Gasteiger charge is 2.02. The molecule has 0 aliphatic carbocycles. The van der Waals surface area contributed by atoms with Gasteiger partial charge in [0.1, 0.15) is 18.9 Å². The molecule has 0 amide bonds. The predicted octanol–water partition coefficient (Wildman–Crippen LogP) is 0.693. The number of rotatable bonds is 13. The van der Waals surface area contributed by atoms with Gasteiger partial charge in [-0.1, -0.05) is 58.3 Å². The zero-order chi connectivity index (χ0) is 14.5. The summed E-state index contributed by atoms with van der Waals surface area (Å²) in [7, 11) is 0. The topological polar surface area (TPSA) is 29.0 Å². The lowest BCUT2D eigenvalue weighted by atomic mass is 10.1. The maximum Gasteiger partial charge on any atom is 0.243 e. The second kappa shape index (κ2) is 14.4. The molecule has 0 saturated carbocycles. The average Bonchev–Trinajstić information content (AvgIpc) is 2.89. The highest BCUT2D eigenvalue weighted by molar-refractivity contribution is 4.65. The minimum Gasteiger partial charge on any atom is -1.00 e. The third kappa shape index (κ3) is 10.8. The fourth-order valence-corrected chi connectivity index (χ4v) is 2.60. The van der Waals surface area contributed by atoms with Crippen LogP contribution in [0, 0.1) is 0 Å². The van der Waals surface area contributed by atoms with Crippen LogP contribution in [-0.4, -0.2) is 16.3 Å². The van der Waals surface area contributed by atoms with Crippen molar-refractivity contribution in [1.82, 2.24) is 4.57 Å². The van der Waals surface area contributed by atoms with E-state index in [9.17, 15) is 0 Å².